The monoisotopic (exact) mass is 355 g/mol. The van der Waals surface area contributed by atoms with Crippen molar-refractivity contribution in [2.75, 3.05) is 40.0 Å². The molecule has 24 heavy (non-hydrogen) atoms. The predicted molar refractivity (Wildman–Crippen MR) is 97.2 cm³/mol. The van der Waals surface area contributed by atoms with Crippen molar-refractivity contribution in [3.63, 3.8) is 0 Å². The van der Waals surface area contributed by atoms with Crippen molar-refractivity contribution in [2.24, 2.45) is 0 Å². The minimum atomic E-state index is -3.30. The molecule has 6 nitrogen and oxygen atoms in total. The van der Waals surface area contributed by atoms with E-state index in [9.17, 15) is 13.2 Å². The molecule has 0 aromatic heterocycles. The molecule has 1 N–H and O–H groups in total. The lowest BCUT2D eigenvalue weighted by Crippen LogP contribution is -2.36. The van der Waals surface area contributed by atoms with E-state index in [1.807, 2.05) is 50.2 Å². The molecule has 0 spiro atoms. The highest BCUT2D eigenvalue weighted by Crippen LogP contribution is 2.05. The molecule has 0 radical (unpaired) electrons. The zero-order valence-corrected chi connectivity index (χ0v) is 15.9. The first-order valence-corrected chi connectivity index (χ1v) is 9.95. The maximum Gasteiger partial charge on any atom is 0.221 e. The molecule has 136 valence electrons. The fourth-order valence-electron chi connectivity index (χ4n) is 2.34. The molecule has 1 amide bonds. The Hall–Kier alpha value is -1.44. The van der Waals surface area contributed by atoms with E-state index in [0.717, 1.165) is 24.1 Å². The van der Waals surface area contributed by atoms with Gasteiger partial charge in [-0.3, -0.25) is 4.79 Å². The summed E-state index contributed by atoms with van der Waals surface area (Å²) in [5.74, 6) is -0.141. The highest BCUT2D eigenvalue weighted by molar-refractivity contribution is 7.88. The molecule has 1 aromatic rings. The quantitative estimate of drug-likeness (QED) is 0.685. The maximum absolute atomic E-state index is 12.0. The van der Waals surface area contributed by atoms with Crippen molar-refractivity contribution >= 4 is 15.9 Å². The first-order valence-electron chi connectivity index (χ1n) is 8.10. The normalized spacial score (nSPS) is 11.9. The second-order valence-electron chi connectivity index (χ2n) is 6.33. The number of carbonyl (C=O) groups excluding carboxylic acids is 1. The zero-order chi connectivity index (χ0) is 18.2. The summed E-state index contributed by atoms with van der Waals surface area (Å²) in [6.45, 7) is 3.92. The fourth-order valence-corrected chi connectivity index (χ4v) is 3.23. The number of amides is 1. The summed E-state index contributed by atoms with van der Waals surface area (Å²) in [5.41, 5.74) is 2.18. The molecule has 0 atom stereocenters. The molecule has 7 heteroatoms. The van der Waals surface area contributed by atoms with Crippen LogP contribution >= 0.6 is 0 Å². The van der Waals surface area contributed by atoms with Crippen molar-refractivity contribution in [1.29, 1.82) is 0 Å². The number of nitrogens with one attached hydrogen (secondary N) is 1. The minimum Gasteiger partial charge on any atom is -0.352 e. The van der Waals surface area contributed by atoms with Gasteiger partial charge in [0, 0.05) is 26.1 Å². The summed E-state index contributed by atoms with van der Waals surface area (Å²) < 4.78 is 25.0. The van der Waals surface area contributed by atoms with Crippen LogP contribution < -0.4 is 5.32 Å². The summed E-state index contributed by atoms with van der Waals surface area (Å²) in [7, 11) is 0.599. The van der Waals surface area contributed by atoms with E-state index in [0.29, 0.717) is 13.1 Å². The average Bonchev–Trinajstić information content (AvgIpc) is 2.47. The predicted octanol–water partition coefficient (Wildman–Crippen LogP) is 1.21. The Morgan fingerprint density at radius 3 is 2.46 bits per heavy atom. The zero-order valence-electron chi connectivity index (χ0n) is 15.1. The van der Waals surface area contributed by atoms with E-state index in [1.165, 1.54) is 10.6 Å². The number of sulfonamides is 1. The van der Waals surface area contributed by atoms with Crippen LogP contribution in [0.3, 0.4) is 0 Å². The molecule has 0 heterocycles. The van der Waals surface area contributed by atoms with Gasteiger partial charge < -0.3 is 10.2 Å². The van der Waals surface area contributed by atoms with E-state index in [4.69, 9.17) is 0 Å². The Morgan fingerprint density at radius 2 is 1.88 bits per heavy atom. The third-order valence-corrected chi connectivity index (χ3v) is 4.95. The van der Waals surface area contributed by atoms with Gasteiger partial charge >= 0.3 is 0 Å². The molecule has 0 saturated heterocycles. The smallest absolute Gasteiger partial charge is 0.221 e. The summed E-state index contributed by atoms with van der Waals surface area (Å²) >= 11 is 0. The van der Waals surface area contributed by atoms with Crippen molar-refractivity contribution in [1.82, 2.24) is 14.5 Å². The van der Waals surface area contributed by atoms with E-state index in [-0.39, 0.29) is 18.9 Å². The number of nitrogens with zero attached hydrogens (tertiary/aromatic N) is 2. The van der Waals surface area contributed by atoms with Crippen molar-refractivity contribution in [2.45, 2.75) is 26.3 Å². The fraction of sp³-hybridized carbons (Fsp3) is 0.588. The second-order valence-corrected chi connectivity index (χ2v) is 8.32. The SMILES string of the molecule is Cc1cccc(CNC(=O)CCN(CCCN(C)C)S(C)(=O)=O)c1. The molecular weight excluding hydrogens is 326 g/mol. The van der Waals surface area contributed by atoms with Crippen molar-refractivity contribution < 1.29 is 13.2 Å². The molecular formula is C17H29N3O3S. The van der Waals surface area contributed by atoms with Gasteiger partial charge in [-0.2, -0.15) is 0 Å². The van der Waals surface area contributed by atoms with Gasteiger partial charge in [0.25, 0.3) is 0 Å². The van der Waals surface area contributed by atoms with Crippen LogP contribution in [-0.2, 0) is 21.4 Å². The van der Waals surface area contributed by atoms with E-state index < -0.39 is 10.0 Å². The molecule has 0 fully saturated rings. The highest BCUT2D eigenvalue weighted by atomic mass is 32.2. The largest absolute Gasteiger partial charge is 0.352 e. The number of rotatable bonds is 10. The Kier molecular flexibility index (Phi) is 8.38. The summed E-state index contributed by atoms with van der Waals surface area (Å²) in [5, 5.41) is 2.84. The first kappa shape index (κ1) is 20.6. The van der Waals surface area contributed by atoms with E-state index >= 15 is 0 Å². The van der Waals surface area contributed by atoms with Crippen LogP contribution in [0.1, 0.15) is 24.0 Å². The highest BCUT2D eigenvalue weighted by Gasteiger charge is 2.17. The van der Waals surface area contributed by atoms with Crippen molar-refractivity contribution in [3.8, 4) is 0 Å². The molecule has 0 aliphatic rings. The molecule has 0 aliphatic heterocycles. The number of aryl methyl sites for hydroxylation is 1. The Balaban J connectivity index is 2.43. The standard InChI is InChI=1S/C17H29N3O3S/c1-15-7-5-8-16(13-15)14-18-17(21)9-12-20(24(4,22)23)11-6-10-19(2)3/h5,7-8,13H,6,9-12,14H2,1-4H3,(H,18,21). The van der Waals surface area contributed by atoms with Crippen LogP contribution in [0.4, 0.5) is 0 Å². The van der Waals surface area contributed by atoms with Gasteiger partial charge in [-0.1, -0.05) is 29.8 Å². The van der Waals surface area contributed by atoms with Gasteiger partial charge in [0.1, 0.15) is 0 Å². The lowest BCUT2D eigenvalue weighted by molar-refractivity contribution is -0.121. The Bertz CT molecular complexity index is 630. The van der Waals surface area contributed by atoms with Gasteiger partial charge in [0.05, 0.1) is 6.26 Å². The van der Waals surface area contributed by atoms with E-state index in [1.54, 1.807) is 0 Å². The van der Waals surface area contributed by atoms with Gasteiger partial charge in [-0.05, 0) is 39.5 Å². The number of benzene rings is 1. The Labute approximate surface area is 145 Å². The second kappa shape index (κ2) is 9.76. The average molecular weight is 356 g/mol. The topological polar surface area (TPSA) is 69.7 Å². The third kappa shape index (κ3) is 8.42. The third-order valence-electron chi connectivity index (χ3n) is 3.64. The van der Waals surface area contributed by atoms with Crippen LogP contribution in [0.25, 0.3) is 0 Å². The van der Waals surface area contributed by atoms with Crippen LogP contribution in [-0.4, -0.2) is 63.5 Å². The molecule has 0 saturated carbocycles. The number of hydrogen-bond donors (Lipinski definition) is 1. The van der Waals surface area contributed by atoms with Crippen LogP contribution in [0.2, 0.25) is 0 Å². The van der Waals surface area contributed by atoms with Crippen molar-refractivity contribution in [3.05, 3.63) is 35.4 Å². The number of hydrogen-bond acceptors (Lipinski definition) is 4. The Morgan fingerprint density at radius 1 is 1.17 bits per heavy atom. The summed E-state index contributed by atoms with van der Waals surface area (Å²) in [6, 6.07) is 7.93. The van der Waals surface area contributed by atoms with Crippen LogP contribution in [0.5, 0.6) is 0 Å². The molecule has 1 rings (SSSR count). The summed E-state index contributed by atoms with van der Waals surface area (Å²) in [4.78, 5) is 14.0. The lowest BCUT2D eigenvalue weighted by atomic mass is 10.1. The molecule has 1 aromatic carbocycles. The molecule has 0 unspecified atom stereocenters. The first-order chi connectivity index (χ1) is 11.2. The molecule has 0 aliphatic carbocycles. The van der Waals surface area contributed by atoms with Gasteiger partial charge in [-0.15, -0.1) is 0 Å². The number of carbonyl (C=O) groups is 1. The maximum atomic E-state index is 12.0. The summed E-state index contributed by atoms with van der Waals surface area (Å²) in [6.07, 6.45) is 2.10. The van der Waals surface area contributed by atoms with Crippen LogP contribution in [0.15, 0.2) is 24.3 Å². The van der Waals surface area contributed by atoms with Crippen LogP contribution in [0, 0.1) is 6.92 Å². The molecule has 0 bridgehead atoms. The van der Waals surface area contributed by atoms with Gasteiger partial charge in [-0.25, -0.2) is 12.7 Å². The van der Waals surface area contributed by atoms with Gasteiger partial charge in [0.15, 0.2) is 0 Å². The van der Waals surface area contributed by atoms with Gasteiger partial charge in [0.2, 0.25) is 15.9 Å². The lowest BCUT2D eigenvalue weighted by Gasteiger charge is -2.20. The minimum absolute atomic E-state index is 0.141. The van der Waals surface area contributed by atoms with E-state index in [2.05, 4.69) is 5.32 Å².